The number of ether oxygens (including phenoxy) is 2. The number of carbonyl (C=O) groups excluding carboxylic acids is 1. The van der Waals surface area contributed by atoms with Gasteiger partial charge in [0.1, 0.15) is 19.3 Å². The molecule has 0 radical (unpaired) electrons. The highest BCUT2D eigenvalue weighted by Crippen LogP contribution is 2.38. The van der Waals surface area contributed by atoms with E-state index in [9.17, 15) is 14.3 Å². The van der Waals surface area contributed by atoms with Crippen molar-refractivity contribution in [3.05, 3.63) is 0 Å². The van der Waals surface area contributed by atoms with Crippen LogP contribution in [-0.4, -0.2) is 70.7 Å². The van der Waals surface area contributed by atoms with Gasteiger partial charge in [0.2, 0.25) is 0 Å². The van der Waals surface area contributed by atoms with Gasteiger partial charge in [0.25, 0.3) is 7.82 Å². The standard InChI is InChI=1S/C33H68NO7P/c1-6-8-9-10-11-12-13-14-15-16-17-18-19-20-21-22-23-24-25-26-28-38-30-32(41-33(35)7-2)31-40-42(36,37)39-29-27-34(3,4)5/h32H,6-31H2,1-5H3. The van der Waals surface area contributed by atoms with Gasteiger partial charge < -0.3 is 27.9 Å². The van der Waals surface area contributed by atoms with Crippen molar-refractivity contribution < 1.29 is 37.3 Å². The largest absolute Gasteiger partial charge is 0.756 e. The number of phosphoric acid groups is 1. The molecule has 0 aromatic rings. The van der Waals surface area contributed by atoms with Crippen LogP contribution in [0.25, 0.3) is 0 Å². The number of esters is 1. The van der Waals surface area contributed by atoms with Gasteiger partial charge in [0.05, 0.1) is 34.4 Å². The molecule has 2 atom stereocenters. The molecule has 0 fully saturated rings. The third-order valence-electron chi connectivity index (χ3n) is 7.46. The minimum absolute atomic E-state index is 0.0274. The molecule has 42 heavy (non-hydrogen) atoms. The molecule has 0 aliphatic heterocycles. The van der Waals surface area contributed by atoms with E-state index < -0.39 is 19.9 Å². The molecule has 0 aliphatic carbocycles. The summed E-state index contributed by atoms with van der Waals surface area (Å²) in [7, 11) is 1.36. The van der Waals surface area contributed by atoms with Crippen molar-refractivity contribution in [1.82, 2.24) is 0 Å². The van der Waals surface area contributed by atoms with Crippen LogP contribution in [0.3, 0.4) is 0 Å². The second-order valence-corrected chi connectivity index (χ2v) is 14.3. The van der Waals surface area contributed by atoms with Crippen LogP contribution in [0.1, 0.15) is 149 Å². The molecular formula is C33H68NO7P. The maximum Gasteiger partial charge on any atom is 0.305 e. The minimum atomic E-state index is -4.47. The first-order chi connectivity index (χ1) is 20.1. The first kappa shape index (κ1) is 41.5. The van der Waals surface area contributed by atoms with E-state index in [0.29, 0.717) is 17.6 Å². The van der Waals surface area contributed by atoms with Gasteiger partial charge in [-0.1, -0.05) is 136 Å². The Hall–Kier alpha value is -0.500. The van der Waals surface area contributed by atoms with Crippen LogP contribution >= 0.6 is 7.82 Å². The van der Waals surface area contributed by atoms with Gasteiger partial charge in [-0.25, -0.2) is 0 Å². The first-order valence-corrected chi connectivity index (χ1v) is 18.7. The highest BCUT2D eigenvalue weighted by molar-refractivity contribution is 7.45. The zero-order valence-corrected chi connectivity index (χ0v) is 29.1. The van der Waals surface area contributed by atoms with E-state index in [4.69, 9.17) is 18.5 Å². The van der Waals surface area contributed by atoms with Crippen LogP contribution in [0.5, 0.6) is 0 Å². The Morgan fingerprint density at radius 1 is 0.643 bits per heavy atom. The summed E-state index contributed by atoms with van der Waals surface area (Å²) in [6.45, 7) is 4.86. The number of quaternary nitrogens is 1. The molecule has 0 spiro atoms. The monoisotopic (exact) mass is 621 g/mol. The van der Waals surface area contributed by atoms with Gasteiger partial charge in [-0.3, -0.25) is 9.36 Å². The lowest BCUT2D eigenvalue weighted by Gasteiger charge is -2.28. The summed E-state index contributed by atoms with van der Waals surface area (Å²) >= 11 is 0. The smallest absolute Gasteiger partial charge is 0.305 e. The predicted octanol–water partition coefficient (Wildman–Crippen LogP) is 8.35. The number of carbonyl (C=O) groups is 1. The summed E-state index contributed by atoms with van der Waals surface area (Å²) < 4.78 is 33.5. The Balaban J connectivity index is 3.68. The number of rotatable bonds is 32. The molecule has 0 aromatic carbocycles. The van der Waals surface area contributed by atoms with Gasteiger partial charge in [0.15, 0.2) is 0 Å². The van der Waals surface area contributed by atoms with Crippen LogP contribution in [0, 0.1) is 0 Å². The van der Waals surface area contributed by atoms with Crippen LogP contribution in [0.2, 0.25) is 0 Å². The van der Waals surface area contributed by atoms with Crippen LogP contribution in [0.15, 0.2) is 0 Å². The van der Waals surface area contributed by atoms with Crippen molar-refractivity contribution in [2.75, 3.05) is 54.1 Å². The molecule has 0 N–H and O–H groups in total. The molecule has 0 saturated heterocycles. The SMILES string of the molecule is CCCCCCCCCCCCCCCCCCCCCCOCC(COP(=O)([O-])OCC[N+](C)(C)C)OC(=O)CC. The molecule has 9 heteroatoms. The number of phosphoric ester groups is 1. The van der Waals surface area contributed by atoms with E-state index in [1.54, 1.807) is 6.92 Å². The third kappa shape index (κ3) is 30.9. The second-order valence-electron chi connectivity index (χ2n) is 12.8. The lowest BCUT2D eigenvalue weighted by molar-refractivity contribution is -0.870. The summed E-state index contributed by atoms with van der Waals surface area (Å²) in [5.41, 5.74) is 0. The molecule has 0 heterocycles. The number of hydrogen-bond acceptors (Lipinski definition) is 7. The van der Waals surface area contributed by atoms with E-state index in [-0.39, 0.29) is 26.2 Å². The Labute approximate surface area is 259 Å². The van der Waals surface area contributed by atoms with E-state index >= 15 is 0 Å². The number of likely N-dealkylation sites (N-methyl/N-ethyl adjacent to an activating group) is 1. The van der Waals surface area contributed by atoms with Gasteiger partial charge in [-0.2, -0.15) is 0 Å². The van der Waals surface area contributed by atoms with Crippen molar-refractivity contribution in [2.45, 2.75) is 155 Å². The molecule has 0 rings (SSSR count). The zero-order valence-electron chi connectivity index (χ0n) is 28.2. The fourth-order valence-corrected chi connectivity index (χ4v) is 5.43. The van der Waals surface area contributed by atoms with Crippen LogP contribution in [-0.2, 0) is 27.9 Å². The van der Waals surface area contributed by atoms with Gasteiger partial charge >= 0.3 is 5.97 Å². The Morgan fingerprint density at radius 3 is 1.48 bits per heavy atom. The molecule has 0 bridgehead atoms. The molecule has 252 valence electrons. The fraction of sp³-hybridized carbons (Fsp3) is 0.970. The minimum Gasteiger partial charge on any atom is -0.756 e. The van der Waals surface area contributed by atoms with Crippen LogP contribution in [0.4, 0.5) is 0 Å². The third-order valence-corrected chi connectivity index (χ3v) is 8.43. The van der Waals surface area contributed by atoms with Gasteiger partial charge in [0, 0.05) is 13.0 Å². The van der Waals surface area contributed by atoms with Gasteiger partial charge in [-0.15, -0.1) is 0 Å². The van der Waals surface area contributed by atoms with Crippen LogP contribution < -0.4 is 4.89 Å². The van der Waals surface area contributed by atoms with E-state index in [0.717, 1.165) is 12.8 Å². The average Bonchev–Trinajstić information content (AvgIpc) is 2.93. The zero-order chi connectivity index (χ0) is 31.4. The first-order valence-electron chi connectivity index (χ1n) is 17.3. The topological polar surface area (TPSA) is 94.1 Å². The maximum atomic E-state index is 12.0. The molecule has 0 aromatic heterocycles. The Bertz CT molecular complexity index is 657. The van der Waals surface area contributed by atoms with Gasteiger partial charge in [-0.05, 0) is 6.42 Å². The normalized spacial score (nSPS) is 14.1. The van der Waals surface area contributed by atoms with Crippen molar-refractivity contribution >= 4 is 13.8 Å². The molecule has 8 nitrogen and oxygen atoms in total. The number of unbranched alkanes of at least 4 members (excludes halogenated alkanes) is 19. The lowest BCUT2D eigenvalue weighted by atomic mass is 10.0. The quantitative estimate of drug-likeness (QED) is 0.0322. The average molecular weight is 622 g/mol. The molecular weight excluding hydrogens is 553 g/mol. The van der Waals surface area contributed by atoms with E-state index in [1.807, 2.05) is 21.1 Å². The Morgan fingerprint density at radius 2 is 1.07 bits per heavy atom. The fourth-order valence-electron chi connectivity index (χ4n) is 4.70. The molecule has 0 aliphatic rings. The summed E-state index contributed by atoms with van der Waals surface area (Å²) in [5.74, 6) is -0.419. The highest BCUT2D eigenvalue weighted by atomic mass is 31.2. The molecule has 2 unspecified atom stereocenters. The summed E-state index contributed by atoms with van der Waals surface area (Å²) in [6.07, 6.45) is 26.3. The Kier molecular flexibility index (Phi) is 27.7. The number of nitrogens with zero attached hydrogens (tertiary/aromatic N) is 1. The van der Waals surface area contributed by atoms with Crippen molar-refractivity contribution in [2.24, 2.45) is 0 Å². The van der Waals surface area contributed by atoms with E-state index in [2.05, 4.69) is 6.92 Å². The lowest BCUT2D eigenvalue weighted by Crippen LogP contribution is -2.37. The summed E-state index contributed by atoms with van der Waals surface area (Å²) in [5, 5.41) is 0. The maximum absolute atomic E-state index is 12.0. The molecule has 0 saturated carbocycles. The van der Waals surface area contributed by atoms with Crippen molar-refractivity contribution in [3.8, 4) is 0 Å². The summed E-state index contributed by atoms with van der Waals surface area (Å²) in [6, 6.07) is 0. The number of hydrogen-bond donors (Lipinski definition) is 0. The highest BCUT2D eigenvalue weighted by Gasteiger charge is 2.19. The van der Waals surface area contributed by atoms with Crippen molar-refractivity contribution in [1.29, 1.82) is 0 Å². The summed E-state index contributed by atoms with van der Waals surface area (Å²) in [4.78, 5) is 23.8. The van der Waals surface area contributed by atoms with Crippen molar-refractivity contribution in [3.63, 3.8) is 0 Å². The second kappa shape index (κ2) is 28.0. The predicted molar refractivity (Wildman–Crippen MR) is 171 cm³/mol. The molecule has 0 amide bonds. The van der Waals surface area contributed by atoms with E-state index in [1.165, 1.54) is 116 Å².